The molecule has 0 spiro atoms. The summed E-state index contributed by atoms with van der Waals surface area (Å²) in [5.74, 6) is 0.551. The van der Waals surface area contributed by atoms with E-state index >= 15 is 0 Å². The van der Waals surface area contributed by atoms with Gasteiger partial charge in [-0.2, -0.15) is 0 Å². The van der Waals surface area contributed by atoms with E-state index in [0.717, 1.165) is 12.5 Å². The molecule has 1 saturated carbocycles. The number of sulfonamides is 1. The molecule has 2 heterocycles. The first-order chi connectivity index (χ1) is 11.8. The average molecular weight is 387 g/mol. The van der Waals surface area contributed by atoms with Crippen molar-refractivity contribution in [2.45, 2.75) is 50.7 Å². The molecule has 1 saturated heterocycles. The normalized spacial score (nSPS) is 26.6. The highest BCUT2D eigenvalue weighted by Crippen LogP contribution is 2.36. The van der Waals surface area contributed by atoms with Crippen LogP contribution in [0.15, 0.2) is 12.1 Å². The molecule has 2 atom stereocenters. The fourth-order valence-electron chi connectivity index (χ4n) is 3.96. The summed E-state index contributed by atoms with van der Waals surface area (Å²) in [5.41, 5.74) is 0. The van der Waals surface area contributed by atoms with Crippen LogP contribution in [0.5, 0.6) is 0 Å². The Bertz CT molecular complexity index is 666. The molecule has 0 aromatic carbocycles. The Morgan fingerprint density at radius 3 is 2.60 bits per heavy atom. The zero-order valence-electron chi connectivity index (χ0n) is 15.2. The molecule has 2 aliphatic rings. The molecule has 7 heteroatoms. The molecule has 1 aliphatic heterocycles. The van der Waals surface area contributed by atoms with Crippen LogP contribution in [0.2, 0.25) is 0 Å². The maximum Gasteiger partial charge on any atom is 0.214 e. The molecule has 2 fully saturated rings. The fourth-order valence-corrected chi connectivity index (χ4v) is 6.35. The van der Waals surface area contributed by atoms with Gasteiger partial charge in [0.25, 0.3) is 0 Å². The minimum atomic E-state index is -3.27. The van der Waals surface area contributed by atoms with Crippen molar-refractivity contribution in [3.05, 3.63) is 21.9 Å². The summed E-state index contributed by atoms with van der Waals surface area (Å²) in [6.45, 7) is 2.02. The first-order valence-corrected chi connectivity index (χ1v) is 11.7. The maximum absolute atomic E-state index is 12.1. The first-order valence-electron chi connectivity index (χ1n) is 9.24. The number of hydrogen-bond donors (Lipinski definition) is 1. The van der Waals surface area contributed by atoms with Crippen molar-refractivity contribution in [1.82, 2.24) is 9.21 Å². The first kappa shape index (κ1) is 19.3. The average Bonchev–Trinajstić information content (AvgIpc) is 3.15. The summed E-state index contributed by atoms with van der Waals surface area (Å²) in [4.78, 5) is 5.02. The van der Waals surface area contributed by atoms with E-state index < -0.39 is 16.1 Å². The molecular formula is C18H30N2O3S2. The van der Waals surface area contributed by atoms with Crippen molar-refractivity contribution < 1.29 is 13.5 Å². The highest BCUT2D eigenvalue weighted by atomic mass is 32.2. The van der Waals surface area contributed by atoms with Gasteiger partial charge < -0.3 is 5.11 Å². The van der Waals surface area contributed by atoms with Crippen molar-refractivity contribution in [1.29, 1.82) is 0 Å². The third-order valence-electron chi connectivity index (χ3n) is 5.53. The molecule has 1 aromatic heterocycles. The van der Waals surface area contributed by atoms with Crippen molar-refractivity contribution in [2.75, 3.05) is 32.9 Å². The number of rotatable bonds is 6. The van der Waals surface area contributed by atoms with Gasteiger partial charge in [-0.05, 0) is 30.9 Å². The van der Waals surface area contributed by atoms with E-state index in [-0.39, 0.29) is 11.7 Å². The van der Waals surface area contributed by atoms with Gasteiger partial charge in [-0.1, -0.05) is 19.3 Å². The molecule has 1 N–H and O–H groups in total. The van der Waals surface area contributed by atoms with Gasteiger partial charge in [0.2, 0.25) is 10.0 Å². The lowest BCUT2D eigenvalue weighted by atomic mass is 9.88. The zero-order chi connectivity index (χ0) is 18.0. The van der Waals surface area contributed by atoms with Gasteiger partial charge >= 0.3 is 0 Å². The van der Waals surface area contributed by atoms with Gasteiger partial charge in [0.15, 0.2) is 0 Å². The van der Waals surface area contributed by atoms with E-state index in [1.807, 2.05) is 11.3 Å². The van der Waals surface area contributed by atoms with Crippen LogP contribution in [0.25, 0.3) is 0 Å². The summed E-state index contributed by atoms with van der Waals surface area (Å²) in [6, 6.07) is 4.49. The summed E-state index contributed by atoms with van der Waals surface area (Å²) in [6.07, 6.45) is 6.13. The van der Waals surface area contributed by atoms with Gasteiger partial charge in [0.05, 0.1) is 11.9 Å². The minimum absolute atomic E-state index is 0.0232. The van der Waals surface area contributed by atoms with Crippen LogP contribution < -0.4 is 0 Å². The number of likely N-dealkylation sites (tertiary alicyclic amines) is 1. The number of nitrogens with zero attached hydrogens (tertiary/aromatic N) is 2. The molecule has 142 valence electrons. The summed E-state index contributed by atoms with van der Waals surface area (Å²) in [5, 5.41) is 10.3. The quantitative estimate of drug-likeness (QED) is 0.816. The standard InChI is InChI=1S/C18H30N2O3S2/c1-19(2)25(22,23)13-15-10-20(12-17(15)21)11-16-8-9-18(24-16)14-6-4-3-5-7-14/h8-9,14-15,17,21H,3-7,10-13H2,1-2H3/t15-,17+/m0/s1. The summed E-state index contributed by atoms with van der Waals surface area (Å²) in [7, 11) is -0.175. The van der Waals surface area contributed by atoms with Gasteiger partial charge in [0.1, 0.15) is 0 Å². The van der Waals surface area contributed by atoms with Crippen LogP contribution in [-0.2, 0) is 16.6 Å². The number of thiophene rings is 1. The van der Waals surface area contributed by atoms with E-state index in [2.05, 4.69) is 17.0 Å². The van der Waals surface area contributed by atoms with Crippen molar-refractivity contribution in [3.8, 4) is 0 Å². The van der Waals surface area contributed by atoms with E-state index in [0.29, 0.717) is 13.1 Å². The van der Waals surface area contributed by atoms with Crippen LogP contribution >= 0.6 is 11.3 Å². The predicted octanol–water partition coefficient (Wildman–Crippen LogP) is 2.48. The molecule has 0 radical (unpaired) electrons. The molecule has 0 unspecified atom stereocenters. The van der Waals surface area contributed by atoms with E-state index in [1.165, 1.54) is 46.2 Å². The number of β-amino-alcohol motifs (C(OH)–C–C–N with tert-alkyl or cyclic N) is 1. The van der Waals surface area contributed by atoms with E-state index in [9.17, 15) is 13.5 Å². The smallest absolute Gasteiger partial charge is 0.214 e. The fraction of sp³-hybridized carbons (Fsp3) is 0.778. The van der Waals surface area contributed by atoms with Gasteiger partial charge in [0, 0.05) is 49.4 Å². The molecule has 1 aliphatic carbocycles. The highest BCUT2D eigenvalue weighted by molar-refractivity contribution is 7.89. The Hall–Kier alpha value is -0.470. The van der Waals surface area contributed by atoms with Crippen molar-refractivity contribution in [3.63, 3.8) is 0 Å². The van der Waals surface area contributed by atoms with Crippen LogP contribution in [0.3, 0.4) is 0 Å². The molecule has 3 rings (SSSR count). The molecule has 0 amide bonds. The van der Waals surface area contributed by atoms with Crippen molar-refractivity contribution >= 4 is 21.4 Å². The molecule has 0 bridgehead atoms. The Kier molecular flexibility index (Phi) is 6.21. The number of aliphatic hydroxyl groups excluding tert-OH is 1. The lowest BCUT2D eigenvalue weighted by molar-refractivity contribution is 0.148. The van der Waals surface area contributed by atoms with Crippen LogP contribution in [-0.4, -0.2) is 61.8 Å². The third kappa shape index (κ3) is 4.83. The van der Waals surface area contributed by atoms with Crippen molar-refractivity contribution in [2.24, 2.45) is 5.92 Å². The largest absolute Gasteiger partial charge is 0.391 e. The molecule has 25 heavy (non-hydrogen) atoms. The second kappa shape index (κ2) is 8.05. The topological polar surface area (TPSA) is 60.9 Å². The Labute approximate surface area is 155 Å². The Morgan fingerprint density at radius 2 is 1.92 bits per heavy atom. The number of hydrogen-bond acceptors (Lipinski definition) is 5. The van der Waals surface area contributed by atoms with E-state index in [1.54, 1.807) is 14.1 Å². The predicted molar refractivity (Wildman–Crippen MR) is 102 cm³/mol. The third-order valence-corrected chi connectivity index (χ3v) is 8.73. The van der Waals surface area contributed by atoms with Gasteiger partial charge in [-0.15, -0.1) is 11.3 Å². The molecule has 5 nitrogen and oxygen atoms in total. The maximum atomic E-state index is 12.1. The lowest BCUT2D eigenvalue weighted by Crippen LogP contribution is -2.33. The van der Waals surface area contributed by atoms with Crippen LogP contribution in [0.1, 0.15) is 47.8 Å². The lowest BCUT2D eigenvalue weighted by Gasteiger charge is -2.20. The Balaban J connectivity index is 1.56. The molecular weight excluding hydrogens is 356 g/mol. The summed E-state index contributed by atoms with van der Waals surface area (Å²) >= 11 is 1.90. The van der Waals surface area contributed by atoms with Gasteiger partial charge in [-0.25, -0.2) is 12.7 Å². The number of aliphatic hydroxyl groups is 1. The van der Waals surface area contributed by atoms with Crippen LogP contribution in [0, 0.1) is 5.92 Å². The summed E-state index contributed by atoms with van der Waals surface area (Å²) < 4.78 is 25.4. The molecule has 1 aromatic rings. The second-order valence-corrected chi connectivity index (χ2v) is 11.1. The van der Waals surface area contributed by atoms with E-state index in [4.69, 9.17) is 0 Å². The highest BCUT2D eigenvalue weighted by Gasteiger charge is 2.35. The Morgan fingerprint density at radius 1 is 1.20 bits per heavy atom. The zero-order valence-corrected chi connectivity index (χ0v) is 16.9. The second-order valence-electron chi connectivity index (χ2n) is 7.72. The van der Waals surface area contributed by atoms with Crippen LogP contribution in [0.4, 0.5) is 0 Å². The minimum Gasteiger partial charge on any atom is -0.391 e. The monoisotopic (exact) mass is 386 g/mol. The van der Waals surface area contributed by atoms with Gasteiger partial charge in [-0.3, -0.25) is 4.90 Å². The SMILES string of the molecule is CN(C)S(=O)(=O)C[C@@H]1CN(Cc2ccc(C3CCCCC3)s2)C[C@H]1O.